The number of rotatable bonds is 9. The second-order valence-corrected chi connectivity index (χ2v) is 18.2. The molecule has 0 saturated heterocycles. The Hall–Kier alpha value is -9.57. The van der Waals surface area contributed by atoms with Crippen LogP contribution >= 0.6 is 0 Å². The molecular formula is C69H45N3. The summed E-state index contributed by atoms with van der Waals surface area (Å²) in [5, 5.41) is 7.56. The zero-order chi connectivity index (χ0) is 47.8. The third-order valence-electron chi connectivity index (χ3n) is 13.9. The van der Waals surface area contributed by atoms with E-state index >= 15 is 0 Å². The molecule has 3 nitrogen and oxygen atoms in total. The van der Waals surface area contributed by atoms with Crippen molar-refractivity contribution in [1.29, 1.82) is 0 Å². The Balaban J connectivity index is 1.01. The molecule has 0 aliphatic rings. The van der Waals surface area contributed by atoms with Crippen LogP contribution in [0.4, 0.5) is 0 Å². The first-order valence-electron chi connectivity index (χ1n) is 24.5. The summed E-state index contributed by atoms with van der Waals surface area (Å²) in [6.07, 6.45) is 0. The number of hydrogen-bond acceptors (Lipinski definition) is 3. The quantitative estimate of drug-likeness (QED) is 0.135. The third-order valence-corrected chi connectivity index (χ3v) is 13.9. The number of aromatic nitrogens is 3. The maximum absolute atomic E-state index is 5.67. The van der Waals surface area contributed by atoms with Gasteiger partial charge in [0.15, 0.2) is 5.82 Å². The second kappa shape index (κ2) is 18.4. The molecule has 13 aromatic rings. The van der Waals surface area contributed by atoms with E-state index in [1.54, 1.807) is 0 Å². The number of nitrogens with zero attached hydrogens (tertiary/aromatic N) is 3. The Kier molecular flexibility index (Phi) is 10.9. The summed E-state index contributed by atoms with van der Waals surface area (Å²) in [6.45, 7) is 0. The first kappa shape index (κ1) is 42.5. The SMILES string of the molecule is c1ccc(-c2nc(-c3cccc(-c4ccc5c6ccccc6c6ccccc6c5c4)c3)cc(-c3cccc(-c4c(-c5ccccc5)c(-c5ccccc5)nc(-c5ccccc5)c4-c4ccccc4)c3)n2)cc1. The summed E-state index contributed by atoms with van der Waals surface area (Å²) in [4.78, 5) is 16.4. The smallest absolute Gasteiger partial charge is 0.160 e. The third kappa shape index (κ3) is 7.80. The molecule has 11 aromatic carbocycles. The average Bonchev–Trinajstić information content (AvgIpc) is 3.47. The fraction of sp³-hybridized carbons (Fsp3) is 0. The standard InChI is InChI=1S/C69H45N3/c1-6-22-46(23-7-1)65-64(66(47-24-8-2-9-25-47)68(49-28-12-4-13-29-49)72-67(65)48-26-10-3-11-27-48)55-35-21-34-54(43-55)63-45-62(70-69(71-63)50-30-14-5-15-31-50)53-33-20-32-51(42-53)52-40-41-60-58-38-17-16-36-56(58)57-37-18-19-39-59(57)61(60)44-52/h1-45H. The van der Waals surface area contributed by atoms with E-state index in [1.165, 1.54) is 32.3 Å². The molecular weight excluding hydrogens is 871 g/mol. The van der Waals surface area contributed by atoms with E-state index in [1.807, 2.05) is 18.2 Å². The molecule has 0 amide bonds. The van der Waals surface area contributed by atoms with Crippen molar-refractivity contribution >= 4 is 32.3 Å². The van der Waals surface area contributed by atoms with Gasteiger partial charge in [-0.2, -0.15) is 0 Å². The minimum absolute atomic E-state index is 0.666. The van der Waals surface area contributed by atoms with E-state index in [0.717, 1.165) is 95.1 Å². The van der Waals surface area contributed by atoms with Crippen molar-refractivity contribution in [1.82, 2.24) is 15.0 Å². The fourth-order valence-corrected chi connectivity index (χ4v) is 10.5. The monoisotopic (exact) mass is 915 g/mol. The molecule has 0 spiro atoms. The van der Waals surface area contributed by atoms with Gasteiger partial charge in [0.25, 0.3) is 0 Å². The molecule has 0 radical (unpaired) electrons. The topological polar surface area (TPSA) is 38.7 Å². The van der Waals surface area contributed by atoms with Crippen LogP contribution in [0.2, 0.25) is 0 Å². The van der Waals surface area contributed by atoms with E-state index in [9.17, 15) is 0 Å². The highest BCUT2D eigenvalue weighted by molar-refractivity contribution is 6.25. The first-order chi connectivity index (χ1) is 35.7. The molecule has 336 valence electrons. The van der Waals surface area contributed by atoms with E-state index < -0.39 is 0 Å². The highest BCUT2D eigenvalue weighted by Gasteiger charge is 2.26. The van der Waals surface area contributed by atoms with E-state index in [2.05, 4.69) is 255 Å². The largest absolute Gasteiger partial charge is 0.246 e. The van der Waals surface area contributed by atoms with Crippen LogP contribution in [-0.4, -0.2) is 15.0 Å². The van der Waals surface area contributed by atoms with Gasteiger partial charge in [0.05, 0.1) is 22.8 Å². The van der Waals surface area contributed by atoms with Gasteiger partial charge < -0.3 is 0 Å². The van der Waals surface area contributed by atoms with Gasteiger partial charge in [-0.15, -0.1) is 0 Å². The van der Waals surface area contributed by atoms with Crippen molar-refractivity contribution in [3.63, 3.8) is 0 Å². The van der Waals surface area contributed by atoms with Crippen LogP contribution in [0, 0.1) is 0 Å². The van der Waals surface area contributed by atoms with Gasteiger partial charge in [-0.1, -0.05) is 249 Å². The first-order valence-corrected chi connectivity index (χ1v) is 24.5. The second-order valence-electron chi connectivity index (χ2n) is 18.2. The lowest BCUT2D eigenvalue weighted by atomic mass is 9.83. The molecule has 2 aromatic heterocycles. The van der Waals surface area contributed by atoms with Crippen molar-refractivity contribution < 1.29 is 0 Å². The number of hydrogen-bond donors (Lipinski definition) is 0. The molecule has 0 N–H and O–H groups in total. The zero-order valence-corrected chi connectivity index (χ0v) is 39.3. The Morgan fingerprint density at radius 2 is 0.528 bits per heavy atom. The highest BCUT2D eigenvalue weighted by atomic mass is 14.9. The van der Waals surface area contributed by atoms with Gasteiger partial charge in [0, 0.05) is 44.5 Å². The van der Waals surface area contributed by atoms with Crippen LogP contribution in [0.3, 0.4) is 0 Å². The zero-order valence-electron chi connectivity index (χ0n) is 39.3. The van der Waals surface area contributed by atoms with Crippen molar-refractivity contribution in [3.8, 4) is 101 Å². The van der Waals surface area contributed by atoms with Crippen LogP contribution in [0.25, 0.3) is 133 Å². The Morgan fingerprint density at radius 3 is 1.01 bits per heavy atom. The minimum atomic E-state index is 0.666. The Morgan fingerprint density at radius 1 is 0.181 bits per heavy atom. The van der Waals surface area contributed by atoms with Crippen molar-refractivity contribution in [2.24, 2.45) is 0 Å². The predicted octanol–water partition coefficient (Wildman–Crippen LogP) is 18.3. The molecule has 0 fully saturated rings. The Bertz CT molecular complexity index is 3980. The molecule has 0 unspecified atom stereocenters. The molecule has 72 heavy (non-hydrogen) atoms. The number of fused-ring (bicyclic) bond motifs is 6. The predicted molar refractivity (Wildman–Crippen MR) is 301 cm³/mol. The fourth-order valence-electron chi connectivity index (χ4n) is 10.5. The molecule has 2 heterocycles. The maximum atomic E-state index is 5.67. The summed E-state index contributed by atoms with van der Waals surface area (Å²) >= 11 is 0. The summed E-state index contributed by atoms with van der Waals surface area (Å²) in [6, 6.07) is 97.1. The van der Waals surface area contributed by atoms with Crippen LogP contribution < -0.4 is 0 Å². The molecule has 0 aliphatic heterocycles. The maximum Gasteiger partial charge on any atom is 0.160 e. The summed E-state index contributed by atoms with van der Waals surface area (Å²) in [5.74, 6) is 0.666. The molecule has 0 aliphatic carbocycles. The van der Waals surface area contributed by atoms with Crippen molar-refractivity contribution in [2.75, 3.05) is 0 Å². The molecule has 13 rings (SSSR count). The van der Waals surface area contributed by atoms with E-state index in [-0.39, 0.29) is 0 Å². The highest BCUT2D eigenvalue weighted by Crippen LogP contribution is 2.49. The van der Waals surface area contributed by atoms with Gasteiger partial charge in [-0.05, 0) is 84.4 Å². The molecule has 0 bridgehead atoms. The van der Waals surface area contributed by atoms with Gasteiger partial charge in [-0.25, -0.2) is 15.0 Å². The van der Waals surface area contributed by atoms with Crippen molar-refractivity contribution in [2.45, 2.75) is 0 Å². The normalized spacial score (nSPS) is 11.3. The number of pyridine rings is 1. The molecule has 3 heteroatoms. The lowest BCUT2D eigenvalue weighted by molar-refractivity contribution is 1.18. The van der Waals surface area contributed by atoms with Crippen molar-refractivity contribution in [3.05, 3.63) is 273 Å². The van der Waals surface area contributed by atoms with Gasteiger partial charge >= 0.3 is 0 Å². The average molecular weight is 916 g/mol. The van der Waals surface area contributed by atoms with Crippen LogP contribution in [0.15, 0.2) is 273 Å². The summed E-state index contributed by atoms with van der Waals surface area (Å²) in [5.41, 5.74) is 17.3. The minimum Gasteiger partial charge on any atom is -0.246 e. The Labute approximate surface area is 419 Å². The van der Waals surface area contributed by atoms with Crippen LogP contribution in [0.5, 0.6) is 0 Å². The lowest BCUT2D eigenvalue weighted by Gasteiger charge is -2.23. The lowest BCUT2D eigenvalue weighted by Crippen LogP contribution is -2.02. The van der Waals surface area contributed by atoms with Gasteiger partial charge in [0.2, 0.25) is 0 Å². The molecule has 0 saturated carbocycles. The molecule has 0 atom stereocenters. The number of benzene rings is 11. The summed E-state index contributed by atoms with van der Waals surface area (Å²) in [7, 11) is 0. The van der Waals surface area contributed by atoms with Crippen LogP contribution in [0.1, 0.15) is 0 Å². The van der Waals surface area contributed by atoms with Gasteiger partial charge in [-0.3, -0.25) is 0 Å². The van der Waals surface area contributed by atoms with Gasteiger partial charge in [0.1, 0.15) is 0 Å². The summed E-state index contributed by atoms with van der Waals surface area (Å²) < 4.78 is 0. The van der Waals surface area contributed by atoms with E-state index in [4.69, 9.17) is 15.0 Å². The van der Waals surface area contributed by atoms with Crippen LogP contribution in [-0.2, 0) is 0 Å². The van der Waals surface area contributed by atoms with E-state index in [0.29, 0.717) is 5.82 Å².